The van der Waals surface area contributed by atoms with E-state index in [0.29, 0.717) is 28.5 Å². The third kappa shape index (κ3) is 5.44. The van der Waals surface area contributed by atoms with Crippen LogP contribution in [0.1, 0.15) is 46.1 Å². The molecule has 1 saturated carbocycles. The summed E-state index contributed by atoms with van der Waals surface area (Å²) in [7, 11) is -2.05. The van der Waals surface area contributed by atoms with Crippen LogP contribution in [0.15, 0.2) is 59.5 Å². The second kappa shape index (κ2) is 11.2. The molecular weight excluding hydrogens is 446 g/mol. The molecule has 0 radical (unpaired) electrons. The maximum absolute atomic E-state index is 5.63. The van der Waals surface area contributed by atoms with Crippen LogP contribution in [0.3, 0.4) is 0 Å². The van der Waals surface area contributed by atoms with Gasteiger partial charge in [0.05, 0.1) is 0 Å². The van der Waals surface area contributed by atoms with Crippen LogP contribution in [0.25, 0.3) is 4.98 Å². The largest absolute Gasteiger partial charge is 4.00 e. The average molecular weight is 488 g/mol. The van der Waals surface area contributed by atoms with Crippen molar-refractivity contribution < 1.29 is 21.7 Å². The van der Waals surface area contributed by atoms with E-state index in [0.717, 1.165) is 0 Å². The van der Waals surface area contributed by atoms with Gasteiger partial charge in [-0.05, 0) is 43.2 Å². The Morgan fingerprint density at radius 3 is 1.97 bits per heavy atom. The molecule has 1 heterocycles. The fourth-order valence-electron chi connectivity index (χ4n) is 5.73. The zero-order valence-electron chi connectivity index (χ0n) is 20.9. The van der Waals surface area contributed by atoms with E-state index in [2.05, 4.69) is 108 Å². The van der Waals surface area contributed by atoms with Crippen LogP contribution in [0, 0.1) is 34.1 Å². The van der Waals surface area contributed by atoms with Crippen molar-refractivity contribution in [3.8, 4) is 0 Å². The molecule has 0 amide bonds. The van der Waals surface area contributed by atoms with Gasteiger partial charge in [-0.2, -0.15) is 0 Å². The number of thioether (sulfide) groups is 1. The van der Waals surface area contributed by atoms with Crippen molar-refractivity contribution in [3.05, 3.63) is 87.4 Å². The van der Waals surface area contributed by atoms with Gasteiger partial charge in [-0.15, -0.1) is 17.3 Å². The summed E-state index contributed by atoms with van der Waals surface area (Å²) < 4.78 is 0. The topological polar surface area (TPSA) is 14.1 Å². The fourth-order valence-corrected chi connectivity index (χ4v) is 13.6. The minimum absolute atomic E-state index is 0. The Labute approximate surface area is 213 Å². The molecular formula is C27H41NSSiTi. The van der Waals surface area contributed by atoms with Gasteiger partial charge in [0.2, 0.25) is 0 Å². The third-order valence-electron chi connectivity index (χ3n) is 6.79. The number of rotatable bonds is 3. The van der Waals surface area contributed by atoms with E-state index in [1.807, 2.05) is 0 Å². The summed E-state index contributed by atoms with van der Waals surface area (Å²) in [5.74, 6) is 2.09. The van der Waals surface area contributed by atoms with Gasteiger partial charge in [0.15, 0.2) is 0 Å². The zero-order chi connectivity index (χ0) is 19.4. The second-order valence-electron chi connectivity index (χ2n) is 9.69. The molecule has 6 unspecified atom stereocenters. The maximum Gasteiger partial charge on any atom is 4.00 e. The Morgan fingerprint density at radius 2 is 1.39 bits per heavy atom. The molecule has 0 saturated heterocycles. The maximum atomic E-state index is 5.63. The van der Waals surface area contributed by atoms with Crippen molar-refractivity contribution in [2.45, 2.75) is 68.3 Å². The van der Waals surface area contributed by atoms with Crippen LogP contribution in [-0.2, 0) is 21.7 Å². The van der Waals surface area contributed by atoms with E-state index >= 15 is 0 Å². The Bertz CT molecular complexity index is 821. The molecule has 1 aliphatic heterocycles. The van der Waals surface area contributed by atoms with Crippen molar-refractivity contribution in [1.82, 2.24) is 0 Å². The first-order valence-corrected chi connectivity index (χ1v) is 13.7. The second-order valence-corrected chi connectivity index (χ2v) is 14.7. The summed E-state index contributed by atoms with van der Waals surface area (Å²) in [4.78, 5) is 7.14. The van der Waals surface area contributed by atoms with Crippen LogP contribution < -0.4 is 5.19 Å². The smallest absolute Gasteiger partial charge is 0.656 e. The SMILES string of the molecule is CC1C(C)C([Si](C)([N-]C(C)(C)C)c2ccccc2)C2Sc3ccccc3C12.[CH3-].[CH3-].[CH3-].[Ti+4]. The Hall–Kier alpha value is -0.319. The van der Waals surface area contributed by atoms with Crippen molar-refractivity contribution in [2.24, 2.45) is 11.8 Å². The molecule has 0 N–H and O–H groups in total. The average Bonchev–Trinajstić information content (AvgIpc) is 3.09. The minimum atomic E-state index is -2.05. The van der Waals surface area contributed by atoms with Crippen LogP contribution in [0.4, 0.5) is 0 Å². The predicted molar refractivity (Wildman–Crippen MR) is 141 cm³/mol. The molecule has 2 aliphatic rings. The van der Waals surface area contributed by atoms with Gasteiger partial charge in [-0.1, -0.05) is 94.9 Å². The number of hydrogen-bond donors (Lipinski definition) is 0. The van der Waals surface area contributed by atoms with Crippen LogP contribution in [0.2, 0.25) is 12.1 Å². The van der Waals surface area contributed by atoms with E-state index in [1.54, 1.807) is 5.56 Å². The van der Waals surface area contributed by atoms with E-state index in [1.165, 1.54) is 10.1 Å². The molecule has 1 fully saturated rings. The van der Waals surface area contributed by atoms with E-state index < -0.39 is 8.24 Å². The predicted octanol–water partition coefficient (Wildman–Crippen LogP) is 7.90. The molecule has 0 aromatic heterocycles. The summed E-state index contributed by atoms with van der Waals surface area (Å²) in [5.41, 5.74) is 2.25. The Kier molecular flexibility index (Phi) is 11.1. The number of hydrogen-bond acceptors (Lipinski definition) is 1. The van der Waals surface area contributed by atoms with Crippen molar-refractivity contribution >= 4 is 25.2 Å². The molecule has 168 valence electrons. The molecule has 0 bridgehead atoms. The van der Waals surface area contributed by atoms with Crippen molar-refractivity contribution in [2.75, 3.05) is 0 Å². The van der Waals surface area contributed by atoms with Crippen LogP contribution in [-0.4, -0.2) is 19.0 Å². The normalized spacial score (nSPS) is 27.9. The van der Waals surface area contributed by atoms with Crippen LogP contribution in [0.5, 0.6) is 0 Å². The zero-order valence-corrected chi connectivity index (χ0v) is 24.3. The fraction of sp³-hybridized carbons (Fsp3) is 0.444. The molecule has 31 heavy (non-hydrogen) atoms. The standard InChI is InChI=1S/C24H32NSSi.3CH3.Ti/c1-16-17(2)23(22-21(16)19-14-10-11-15-20(19)26-22)27(6,25-24(3,4)5)18-12-8-7-9-13-18;;;;/h7-17,21-23H,1-6H3;3*1H3;/q4*-1;+4. The van der Waals surface area contributed by atoms with E-state index in [-0.39, 0.29) is 49.5 Å². The van der Waals surface area contributed by atoms with Gasteiger partial charge < -0.3 is 27.3 Å². The number of fused-ring (bicyclic) bond motifs is 3. The van der Waals surface area contributed by atoms with Gasteiger partial charge in [-0.25, -0.2) is 0 Å². The number of nitrogens with zero attached hydrogens (tertiary/aromatic N) is 1. The van der Waals surface area contributed by atoms with Gasteiger partial charge in [0, 0.05) is 10.1 Å². The Morgan fingerprint density at radius 1 is 0.839 bits per heavy atom. The molecule has 1 nitrogen and oxygen atoms in total. The molecule has 6 atom stereocenters. The van der Waals surface area contributed by atoms with E-state index in [9.17, 15) is 0 Å². The summed E-state index contributed by atoms with van der Waals surface area (Å²) >= 11 is 2.14. The van der Waals surface area contributed by atoms with Crippen LogP contribution >= 0.6 is 11.8 Å². The summed E-state index contributed by atoms with van der Waals surface area (Å²) in [6.45, 7) is 14.4. The van der Waals surface area contributed by atoms with Crippen molar-refractivity contribution in [1.29, 1.82) is 0 Å². The molecule has 4 heteroatoms. The summed E-state index contributed by atoms with van der Waals surface area (Å²) in [5, 5.41) is 2.16. The Balaban J connectivity index is 0.00000225. The van der Waals surface area contributed by atoms with E-state index in [4.69, 9.17) is 4.98 Å². The van der Waals surface area contributed by atoms with Crippen molar-refractivity contribution in [3.63, 3.8) is 0 Å². The molecule has 0 spiro atoms. The van der Waals surface area contributed by atoms with Gasteiger partial charge in [0.1, 0.15) is 0 Å². The monoisotopic (exact) mass is 487 g/mol. The third-order valence-corrected chi connectivity index (χ3v) is 13.3. The minimum Gasteiger partial charge on any atom is -0.656 e. The first kappa shape index (κ1) is 30.7. The first-order chi connectivity index (χ1) is 12.7. The molecule has 2 aromatic rings. The van der Waals surface area contributed by atoms with Gasteiger partial charge in [0.25, 0.3) is 0 Å². The molecule has 2 aromatic carbocycles. The van der Waals surface area contributed by atoms with Gasteiger partial charge >= 0.3 is 21.7 Å². The first-order valence-electron chi connectivity index (χ1n) is 10.3. The summed E-state index contributed by atoms with van der Waals surface area (Å²) in [6, 6.07) is 20.4. The van der Waals surface area contributed by atoms with Gasteiger partial charge in [-0.3, -0.25) is 0 Å². The molecule has 1 aliphatic carbocycles. The summed E-state index contributed by atoms with van der Waals surface area (Å²) in [6.07, 6.45) is 0. The quantitative estimate of drug-likeness (QED) is 0.317. The number of benzene rings is 2. The molecule has 4 rings (SSSR count).